The van der Waals surface area contributed by atoms with Gasteiger partial charge in [0.25, 0.3) is 0 Å². The van der Waals surface area contributed by atoms with Crippen LogP contribution in [0.25, 0.3) is 0 Å². The second-order valence-corrected chi connectivity index (χ2v) is 5.89. The lowest BCUT2D eigenvalue weighted by atomic mass is 9.88. The van der Waals surface area contributed by atoms with E-state index < -0.39 is 0 Å². The van der Waals surface area contributed by atoms with E-state index in [4.69, 9.17) is 11.6 Å². The predicted molar refractivity (Wildman–Crippen MR) is 82.6 cm³/mol. The van der Waals surface area contributed by atoms with Crippen LogP contribution in [0.1, 0.15) is 22.6 Å². The molecule has 0 spiro atoms. The molecule has 0 bridgehead atoms. The molecule has 1 aliphatic rings. The van der Waals surface area contributed by atoms with E-state index in [1.54, 1.807) is 0 Å². The molecule has 1 N–H and O–H groups in total. The number of rotatable bonds is 1. The maximum Gasteiger partial charge on any atom is 0.134 e. The van der Waals surface area contributed by atoms with Gasteiger partial charge in [-0.15, -0.1) is 0 Å². The van der Waals surface area contributed by atoms with Crippen LogP contribution < -0.4 is 0 Å². The lowest BCUT2D eigenvalue weighted by Gasteiger charge is -2.22. The first-order valence-corrected chi connectivity index (χ1v) is 7.27. The molecule has 0 aromatic heterocycles. The summed E-state index contributed by atoms with van der Waals surface area (Å²) in [5.41, 5.74) is 3.73. The third kappa shape index (κ3) is 2.54. The average Bonchev–Trinajstić information content (AvgIpc) is 2.61. The lowest BCUT2D eigenvalue weighted by Crippen LogP contribution is -2.24. The summed E-state index contributed by atoms with van der Waals surface area (Å²) in [7, 11) is 2.14. The van der Waals surface area contributed by atoms with E-state index in [2.05, 4.69) is 36.2 Å². The van der Waals surface area contributed by atoms with Gasteiger partial charge in [0.1, 0.15) is 5.75 Å². The number of hydrogen-bond acceptors (Lipinski definition) is 2. The van der Waals surface area contributed by atoms with E-state index in [1.165, 1.54) is 16.7 Å². The molecule has 0 saturated heterocycles. The Labute approximate surface area is 124 Å². The minimum absolute atomic E-state index is 0.182. The number of likely N-dealkylation sites (N-methyl/N-ethyl adjacent to an activating group) is 1. The number of hydrogen-bond donors (Lipinski definition) is 1. The maximum atomic E-state index is 9.84. The minimum Gasteiger partial charge on any atom is -0.506 e. The van der Waals surface area contributed by atoms with Crippen molar-refractivity contribution in [2.75, 3.05) is 20.1 Å². The monoisotopic (exact) mass is 287 g/mol. The predicted octanol–water partition coefficient (Wildman–Crippen LogP) is 3.67. The first kappa shape index (κ1) is 13.5. The molecular formula is C17H18ClNO. The van der Waals surface area contributed by atoms with Gasteiger partial charge < -0.3 is 10.0 Å². The Bertz CT molecular complexity index is 612. The van der Waals surface area contributed by atoms with Gasteiger partial charge in [-0.1, -0.05) is 41.9 Å². The van der Waals surface area contributed by atoms with Crippen LogP contribution in [-0.2, 0) is 6.42 Å². The zero-order valence-electron chi connectivity index (χ0n) is 11.5. The summed E-state index contributed by atoms with van der Waals surface area (Å²) < 4.78 is 0. The van der Waals surface area contributed by atoms with Gasteiger partial charge in [0, 0.05) is 19.0 Å². The van der Waals surface area contributed by atoms with E-state index in [1.807, 2.05) is 18.2 Å². The van der Waals surface area contributed by atoms with Crippen LogP contribution in [0.4, 0.5) is 0 Å². The zero-order chi connectivity index (χ0) is 14.1. The summed E-state index contributed by atoms with van der Waals surface area (Å²) in [4.78, 5) is 2.34. The molecule has 1 atom stereocenters. The topological polar surface area (TPSA) is 23.5 Å². The van der Waals surface area contributed by atoms with E-state index in [9.17, 15) is 5.11 Å². The Morgan fingerprint density at radius 3 is 2.70 bits per heavy atom. The van der Waals surface area contributed by atoms with Crippen molar-refractivity contribution in [3.8, 4) is 5.75 Å². The summed E-state index contributed by atoms with van der Waals surface area (Å²) in [6.45, 7) is 1.97. The van der Waals surface area contributed by atoms with Crippen molar-refractivity contribution < 1.29 is 5.11 Å². The number of aromatic hydroxyl groups is 1. The summed E-state index contributed by atoms with van der Waals surface area (Å²) in [5, 5.41) is 10.3. The number of benzene rings is 2. The van der Waals surface area contributed by atoms with Crippen molar-refractivity contribution in [1.82, 2.24) is 4.90 Å². The number of nitrogens with zero attached hydrogens (tertiary/aromatic N) is 1. The zero-order valence-corrected chi connectivity index (χ0v) is 12.3. The standard InChI is InChI=1S/C17H18ClNO/c1-19-8-7-13-9-17(20)16(18)10-14(13)15(11-19)12-5-3-2-4-6-12/h2-6,9-10,15,20H,7-8,11H2,1H3. The van der Waals surface area contributed by atoms with Crippen LogP contribution in [0, 0.1) is 0 Å². The average molecular weight is 288 g/mol. The quantitative estimate of drug-likeness (QED) is 0.865. The smallest absolute Gasteiger partial charge is 0.134 e. The first-order valence-electron chi connectivity index (χ1n) is 6.90. The van der Waals surface area contributed by atoms with Crippen molar-refractivity contribution >= 4 is 11.6 Å². The van der Waals surface area contributed by atoms with E-state index >= 15 is 0 Å². The highest BCUT2D eigenvalue weighted by Crippen LogP contribution is 2.36. The van der Waals surface area contributed by atoms with Crippen LogP contribution in [0.2, 0.25) is 5.02 Å². The summed E-state index contributed by atoms with van der Waals surface area (Å²) in [5.74, 6) is 0.485. The van der Waals surface area contributed by atoms with Gasteiger partial charge in [-0.3, -0.25) is 0 Å². The molecule has 1 aliphatic heterocycles. The van der Waals surface area contributed by atoms with Crippen molar-refractivity contribution in [2.45, 2.75) is 12.3 Å². The molecule has 20 heavy (non-hydrogen) atoms. The van der Waals surface area contributed by atoms with Crippen molar-refractivity contribution in [3.63, 3.8) is 0 Å². The third-order valence-electron chi connectivity index (χ3n) is 4.04. The molecule has 0 aliphatic carbocycles. The van der Waals surface area contributed by atoms with Crippen LogP contribution in [0.5, 0.6) is 5.75 Å². The minimum atomic E-state index is 0.182. The number of phenolic OH excluding ortho intramolecular Hbond substituents is 1. The van der Waals surface area contributed by atoms with Crippen molar-refractivity contribution in [3.05, 3.63) is 64.2 Å². The second-order valence-electron chi connectivity index (χ2n) is 5.48. The van der Waals surface area contributed by atoms with E-state index in [0.717, 1.165) is 19.5 Å². The fourth-order valence-corrected chi connectivity index (χ4v) is 3.12. The third-order valence-corrected chi connectivity index (χ3v) is 4.35. The van der Waals surface area contributed by atoms with E-state index in [0.29, 0.717) is 10.9 Å². The maximum absolute atomic E-state index is 9.84. The fourth-order valence-electron chi connectivity index (χ4n) is 2.94. The van der Waals surface area contributed by atoms with Crippen molar-refractivity contribution in [2.24, 2.45) is 0 Å². The molecule has 3 heteroatoms. The number of phenols is 1. The normalized spacial score (nSPS) is 19.4. The molecule has 0 saturated carbocycles. The van der Waals surface area contributed by atoms with Gasteiger partial charge in [0.2, 0.25) is 0 Å². The Balaban J connectivity index is 2.12. The Hall–Kier alpha value is -1.51. The SMILES string of the molecule is CN1CCc2cc(O)c(Cl)cc2C(c2ccccc2)C1. The van der Waals surface area contributed by atoms with Crippen LogP contribution in [0.3, 0.4) is 0 Å². The molecular weight excluding hydrogens is 270 g/mol. The molecule has 1 heterocycles. The Kier molecular flexibility index (Phi) is 3.68. The van der Waals surface area contributed by atoms with Gasteiger partial charge in [-0.05, 0) is 42.3 Å². The molecule has 0 fully saturated rings. The van der Waals surface area contributed by atoms with Gasteiger partial charge in [0.15, 0.2) is 0 Å². The second kappa shape index (κ2) is 5.47. The molecule has 0 amide bonds. The highest BCUT2D eigenvalue weighted by atomic mass is 35.5. The first-order chi connectivity index (χ1) is 9.65. The number of fused-ring (bicyclic) bond motifs is 1. The number of halogens is 1. The van der Waals surface area contributed by atoms with Crippen LogP contribution in [0.15, 0.2) is 42.5 Å². The molecule has 3 rings (SSSR count). The van der Waals surface area contributed by atoms with Gasteiger partial charge in [-0.25, -0.2) is 0 Å². The Morgan fingerprint density at radius 1 is 1.20 bits per heavy atom. The molecule has 0 radical (unpaired) electrons. The summed E-state index contributed by atoms with van der Waals surface area (Å²) in [6, 6.07) is 14.3. The largest absolute Gasteiger partial charge is 0.506 e. The summed E-state index contributed by atoms with van der Waals surface area (Å²) in [6.07, 6.45) is 0.944. The van der Waals surface area contributed by atoms with Crippen LogP contribution in [-0.4, -0.2) is 30.1 Å². The summed E-state index contributed by atoms with van der Waals surface area (Å²) >= 11 is 6.12. The lowest BCUT2D eigenvalue weighted by molar-refractivity contribution is 0.338. The molecule has 2 aromatic carbocycles. The van der Waals surface area contributed by atoms with Gasteiger partial charge in [0.05, 0.1) is 5.02 Å². The Morgan fingerprint density at radius 2 is 1.95 bits per heavy atom. The van der Waals surface area contributed by atoms with Gasteiger partial charge >= 0.3 is 0 Å². The molecule has 1 unspecified atom stereocenters. The molecule has 104 valence electrons. The fraction of sp³-hybridized carbons (Fsp3) is 0.294. The van der Waals surface area contributed by atoms with Gasteiger partial charge in [-0.2, -0.15) is 0 Å². The highest BCUT2D eigenvalue weighted by Gasteiger charge is 2.24. The highest BCUT2D eigenvalue weighted by molar-refractivity contribution is 6.32. The van der Waals surface area contributed by atoms with E-state index in [-0.39, 0.29) is 5.75 Å². The molecule has 2 aromatic rings. The van der Waals surface area contributed by atoms with Crippen molar-refractivity contribution in [1.29, 1.82) is 0 Å². The van der Waals surface area contributed by atoms with Crippen LogP contribution >= 0.6 is 11.6 Å². The molecule has 2 nitrogen and oxygen atoms in total.